The summed E-state index contributed by atoms with van der Waals surface area (Å²) < 4.78 is 1.02. The van der Waals surface area contributed by atoms with Gasteiger partial charge in [-0.1, -0.05) is 28.1 Å². The first kappa shape index (κ1) is 13.3. The summed E-state index contributed by atoms with van der Waals surface area (Å²) in [6, 6.07) is 9.93. The molecule has 94 valence electrons. The van der Waals surface area contributed by atoms with E-state index < -0.39 is 0 Å². The molecule has 0 aliphatic heterocycles. The highest BCUT2D eigenvalue weighted by Gasteiger charge is 2.14. The second-order valence-electron chi connectivity index (χ2n) is 4.18. The predicted octanol–water partition coefficient (Wildman–Crippen LogP) is 4.31. The van der Waals surface area contributed by atoms with Crippen LogP contribution in [0.3, 0.4) is 0 Å². The van der Waals surface area contributed by atoms with E-state index in [2.05, 4.69) is 21.2 Å². The lowest BCUT2D eigenvalue weighted by atomic mass is 10.1. The minimum atomic E-state index is -0.00465. The number of amides is 1. The molecular formula is C14H14BrNOS. The number of thiophene rings is 1. The van der Waals surface area contributed by atoms with Crippen molar-refractivity contribution in [1.82, 2.24) is 5.32 Å². The first-order valence-corrected chi connectivity index (χ1v) is 7.35. The molecule has 18 heavy (non-hydrogen) atoms. The first-order valence-electron chi connectivity index (χ1n) is 5.68. The number of halogens is 1. The van der Waals surface area contributed by atoms with E-state index in [-0.39, 0.29) is 11.9 Å². The lowest BCUT2D eigenvalue weighted by molar-refractivity contribution is 0.0943. The topological polar surface area (TPSA) is 29.1 Å². The van der Waals surface area contributed by atoms with Crippen molar-refractivity contribution >= 4 is 33.2 Å². The molecule has 2 rings (SSSR count). The normalized spacial score (nSPS) is 12.2. The molecule has 0 saturated carbocycles. The van der Waals surface area contributed by atoms with Gasteiger partial charge in [-0.15, -0.1) is 11.3 Å². The molecule has 2 aromatic rings. The molecule has 1 aromatic carbocycles. The second-order valence-corrected chi connectivity index (χ2v) is 6.01. The Morgan fingerprint density at radius 2 is 2.17 bits per heavy atom. The second kappa shape index (κ2) is 5.67. The first-order chi connectivity index (χ1) is 8.58. The highest BCUT2D eigenvalue weighted by molar-refractivity contribution is 9.10. The number of hydrogen-bond acceptors (Lipinski definition) is 2. The summed E-state index contributed by atoms with van der Waals surface area (Å²) in [5, 5.41) is 4.96. The van der Waals surface area contributed by atoms with Crippen molar-refractivity contribution in [3.8, 4) is 0 Å². The quantitative estimate of drug-likeness (QED) is 0.895. The summed E-state index contributed by atoms with van der Waals surface area (Å²) in [4.78, 5) is 12.9. The Bertz CT molecular complexity index is 564. The average molecular weight is 324 g/mol. The van der Waals surface area contributed by atoms with E-state index >= 15 is 0 Å². The van der Waals surface area contributed by atoms with E-state index in [0.29, 0.717) is 0 Å². The minimum Gasteiger partial charge on any atom is -0.345 e. The van der Waals surface area contributed by atoms with Gasteiger partial charge in [-0.3, -0.25) is 4.79 Å². The molecule has 0 aliphatic carbocycles. The highest BCUT2D eigenvalue weighted by Crippen LogP contribution is 2.20. The number of carbonyl (C=O) groups excluding carboxylic acids is 1. The van der Waals surface area contributed by atoms with Crippen LogP contribution in [0.2, 0.25) is 0 Å². The summed E-state index contributed by atoms with van der Waals surface area (Å²) in [5.41, 5.74) is 2.12. The molecule has 0 radical (unpaired) electrons. The van der Waals surface area contributed by atoms with Gasteiger partial charge < -0.3 is 5.32 Å². The molecule has 0 aliphatic rings. The summed E-state index contributed by atoms with van der Waals surface area (Å²) in [7, 11) is 0. The summed E-state index contributed by atoms with van der Waals surface area (Å²) in [6.07, 6.45) is 0. The van der Waals surface area contributed by atoms with Crippen LogP contribution in [0, 0.1) is 6.92 Å². The van der Waals surface area contributed by atoms with E-state index in [1.807, 2.05) is 49.6 Å². The maximum atomic E-state index is 12.1. The highest BCUT2D eigenvalue weighted by atomic mass is 79.9. The van der Waals surface area contributed by atoms with Gasteiger partial charge >= 0.3 is 0 Å². The Hall–Kier alpha value is -1.13. The Labute approximate surface area is 119 Å². The smallest absolute Gasteiger partial charge is 0.262 e. The summed E-state index contributed by atoms with van der Waals surface area (Å²) in [5.74, 6) is -0.00465. The predicted molar refractivity (Wildman–Crippen MR) is 79.1 cm³/mol. The van der Waals surface area contributed by atoms with Crippen molar-refractivity contribution in [2.45, 2.75) is 19.9 Å². The number of nitrogens with one attached hydrogen (secondary N) is 1. The van der Waals surface area contributed by atoms with E-state index in [9.17, 15) is 4.79 Å². The fraction of sp³-hybridized carbons (Fsp3) is 0.214. The fourth-order valence-corrected chi connectivity index (χ4v) is 2.97. The molecule has 0 spiro atoms. The van der Waals surface area contributed by atoms with Crippen molar-refractivity contribution < 1.29 is 4.79 Å². The van der Waals surface area contributed by atoms with E-state index in [1.165, 1.54) is 11.3 Å². The van der Waals surface area contributed by atoms with Crippen LogP contribution in [0.5, 0.6) is 0 Å². The zero-order valence-corrected chi connectivity index (χ0v) is 12.6. The number of carbonyl (C=O) groups is 1. The van der Waals surface area contributed by atoms with Crippen LogP contribution < -0.4 is 5.32 Å². The molecular weight excluding hydrogens is 310 g/mol. The molecule has 0 fully saturated rings. The molecule has 1 unspecified atom stereocenters. The molecule has 0 saturated heterocycles. The Morgan fingerprint density at radius 1 is 1.39 bits per heavy atom. The lowest BCUT2D eigenvalue weighted by Gasteiger charge is -2.14. The SMILES string of the molecule is Cc1ccsc1C(=O)NC(C)c1cccc(Br)c1. The largest absolute Gasteiger partial charge is 0.345 e. The molecule has 0 bridgehead atoms. The molecule has 1 atom stereocenters. The van der Waals surface area contributed by atoms with Crippen molar-refractivity contribution in [2.24, 2.45) is 0 Å². The maximum absolute atomic E-state index is 12.1. The van der Waals surface area contributed by atoms with Gasteiger partial charge in [-0.05, 0) is 48.6 Å². The lowest BCUT2D eigenvalue weighted by Crippen LogP contribution is -2.26. The van der Waals surface area contributed by atoms with Gasteiger partial charge in [0.1, 0.15) is 0 Å². The van der Waals surface area contributed by atoms with Crippen LogP contribution in [-0.4, -0.2) is 5.91 Å². The van der Waals surface area contributed by atoms with Gasteiger partial charge in [-0.2, -0.15) is 0 Å². The van der Waals surface area contributed by atoms with Gasteiger partial charge in [0.15, 0.2) is 0 Å². The Balaban J connectivity index is 2.10. The van der Waals surface area contributed by atoms with Crippen LogP contribution >= 0.6 is 27.3 Å². The standard InChI is InChI=1S/C14H14BrNOS/c1-9-6-7-18-13(9)14(17)16-10(2)11-4-3-5-12(15)8-11/h3-8,10H,1-2H3,(H,16,17). The zero-order chi connectivity index (χ0) is 13.1. The van der Waals surface area contributed by atoms with Crippen LogP contribution in [0.15, 0.2) is 40.2 Å². The number of hydrogen-bond donors (Lipinski definition) is 1. The monoisotopic (exact) mass is 323 g/mol. The van der Waals surface area contributed by atoms with Crippen molar-refractivity contribution in [3.63, 3.8) is 0 Å². The van der Waals surface area contributed by atoms with E-state index in [0.717, 1.165) is 20.5 Å². The van der Waals surface area contributed by atoms with Crippen LogP contribution in [0.1, 0.15) is 33.8 Å². The number of benzene rings is 1. The van der Waals surface area contributed by atoms with Crippen LogP contribution in [0.25, 0.3) is 0 Å². The molecule has 2 nitrogen and oxygen atoms in total. The Morgan fingerprint density at radius 3 is 2.78 bits per heavy atom. The van der Waals surface area contributed by atoms with Crippen molar-refractivity contribution in [1.29, 1.82) is 0 Å². The average Bonchev–Trinajstić information content (AvgIpc) is 2.75. The number of aryl methyl sites for hydroxylation is 1. The minimum absolute atomic E-state index is 0.00324. The summed E-state index contributed by atoms with van der Waals surface area (Å²) in [6.45, 7) is 3.94. The van der Waals surface area contributed by atoms with Crippen LogP contribution in [0.4, 0.5) is 0 Å². The fourth-order valence-electron chi connectivity index (χ4n) is 1.73. The molecule has 1 amide bonds. The van der Waals surface area contributed by atoms with E-state index in [4.69, 9.17) is 0 Å². The third-order valence-electron chi connectivity index (χ3n) is 2.76. The van der Waals surface area contributed by atoms with Crippen LogP contribution in [-0.2, 0) is 0 Å². The molecule has 1 N–H and O–H groups in total. The molecule has 4 heteroatoms. The third kappa shape index (κ3) is 3.00. The maximum Gasteiger partial charge on any atom is 0.262 e. The zero-order valence-electron chi connectivity index (χ0n) is 10.2. The summed E-state index contributed by atoms with van der Waals surface area (Å²) >= 11 is 4.91. The van der Waals surface area contributed by atoms with E-state index in [1.54, 1.807) is 0 Å². The Kier molecular flexibility index (Phi) is 4.19. The van der Waals surface area contributed by atoms with Crippen molar-refractivity contribution in [2.75, 3.05) is 0 Å². The van der Waals surface area contributed by atoms with Gasteiger partial charge in [0.2, 0.25) is 0 Å². The molecule has 1 heterocycles. The van der Waals surface area contributed by atoms with Gasteiger partial charge in [-0.25, -0.2) is 0 Å². The third-order valence-corrected chi connectivity index (χ3v) is 4.27. The molecule has 1 aromatic heterocycles. The van der Waals surface area contributed by atoms with Gasteiger partial charge in [0.05, 0.1) is 10.9 Å². The van der Waals surface area contributed by atoms with Gasteiger partial charge in [0, 0.05) is 4.47 Å². The van der Waals surface area contributed by atoms with Gasteiger partial charge in [0.25, 0.3) is 5.91 Å². The number of rotatable bonds is 3. The van der Waals surface area contributed by atoms with Crippen molar-refractivity contribution in [3.05, 3.63) is 56.2 Å².